The van der Waals surface area contributed by atoms with Crippen molar-refractivity contribution in [2.24, 2.45) is 23.7 Å². The van der Waals surface area contributed by atoms with Crippen LogP contribution >= 0.6 is 0 Å². The van der Waals surface area contributed by atoms with Crippen molar-refractivity contribution >= 4 is 70.9 Å². The Morgan fingerprint density at radius 2 is 0.953 bits per heavy atom. The number of alkyl halides is 2. The van der Waals surface area contributed by atoms with Crippen LogP contribution < -0.4 is 21.3 Å². The summed E-state index contributed by atoms with van der Waals surface area (Å²) >= 11 is 0. The molecule has 2 aromatic rings. The number of likely N-dealkylation sites (N-methyl/N-ethyl adjacent to an activating group) is 6. The molecule has 0 spiro atoms. The van der Waals surface area contributed by atoms with E-state index in [1.807, 2.05) is 27.7 Å². The summed E-state index contributed by atoms with van der Waals surface area (Å²) in [5, 5.41) is 22.8. The van der Waals surface area contributed by atoms with Gasteiger partial charge in [0.15, 0.2) is 0 Å². The van der Waals surface area contributed by atoms with Gasteiger partial charge in [0.25, 0.3) is 5.92 Å². The maximum Gasteiger partial charge on any atom is 0.250 e. The van der Waals surface area contributed by atoms with E-state index in [0.717, 1.165) is 35.8 Å². The Morgan fingerprint density at radius 3 is 1.44 bits per heavy atom. The molecule has 3 saturated heterocycles. The van der Waals surface area contributed by atoms with Gasteiger partial charge in [-0.05, 0) is 101 Å². The van der Waals surface area contributed by atoms with Crippen LogP contribution in [0.1, 0.15) is 152 Å². The molecular formula is C78H123F2N13O14. The van der Waals surface area contributed by atoms with Crippen molar-refractivity contribution < 1.29 is 76.2 Å². The Balaban J connectivity index is 1.72. The number of hydrogen-bond acceptors (Lipinski definition) is 15. The minimum Gasteiger partial charge on any atom is -0.391 e. The van der Waals surface area contributed by atoms with E-state index >= 15 is 43.2 Å². The van der Waals surface area contributed by atoms with E-state index in [0.29, 0.717) is 37.1 Å². The van der Waals surface area contributed by atoms with E-state index < -0.39 is 188 Å². The molecular weight excluding hydrogens is 1380 g/mol. The maximum absolute atomic E-state index is 15.6. The van der Waals surface area contributed by atoms with E-state index in [1.54, 1.807) is 119 Å². The molecule has 29 heteroatoms. The van der Waals surface area contributed by atoms with Crippen molar-refractivity contribution in [2.75, 3.05) is 101 Å². The lowest BCUT2D eigenvalue weighted by Crippen LogP contribution is -2.62. The number of aliphatic hydroxyl groups is 1. The zero-order valence-electron chi connectivity index (χ0n) is 66.5. The topological polar surface area (TPSA) is 312 Å². The summed E-state index contributed by atoms with van der Waals surface area (Å²) in [4.78, 5) is 193. The molecule has 3 aliphatic rings. The lowest BCUT2D eigenvalue weighted by molar-refractivity contribution is -0.152. The second kappa shape index (κ2) is 40.9. The number of rotatable bonds is 18. The SMILES string of the molecule is CC(C)C[C@H]1C(=O)N[C@H](C(=O)N2CCCCC2)CC(=O)N(C)CC(=O)N(C)[C@@H](Cc2ccccc2)C(=O)N[C@@H](C(C)C)C(=O)N(C)[C@@H](CC(C)C)C(=O)N[C@@H]([C@@H](C)O)C(=O)N(CCN2CCC(F)(F)CC2)CC(=O)N(C)[C@@H](Cc2ccccc2)C(=O)N(C)[C@@H](CC(C)C)C(=O)N[C@@H](COC(C)(C)C)C(=O)N1C. The van der Waals surface area contributed by atoms with Crippen LogP contribution in [-0.4, -0.2) is 293 Å². The Kier molecular flexibility index (Phi) is 34.1. The highest BCUT2D eigenvalue weighted by Gasteiger charge is 2.44. The highest BCUT2D eigenvalue weighted by molar-refractivity contribution is 6.00. The zero-order valence-corrected chi connectivity index (χ0v) is 66.5. The van der Waals surface area contributed by atoms with Crippen LogP contribution in [0.4, 0.5) is 8.78 Å². The molecule has 5 N–H and O–H groups in total. The summed E-state index contributed by atoms with van der Waals surface area (Å²) in [5.74, 6) is -13.8. The third-order valence-corrected chi connectivity index (χ3v) is 20.2. The molecule has 0 radical (unpaired) electrons. The van der Waals surface area contributed by atoms with Crippen molar-refractivity contribution in [3.8, 4) is 0 Å². The molecule has 0 aliphatic carbocycles. The number of hydrogen-bond donors (Lipinski definition) is 5. The molecule has 0 saturated carbocycles. The smallest absolute Gasteiger partial charge is 0.250 e. The van der Waals surface area contributed by atoms with Gasteiger partial charge in [-0.25, -0.2) is 8.78 Å². The summed E-state index contributed by atoms with van der Waals surface area (Å²) in [6.07, 6.45) is -1.25. The van der Waals surface area contributed by atoms with E-state index in [1.165, 1.54) is 54.1 Å². The van der Waals surface area contributed by atoms with Crippen LogP contribution in [0.25, 0.3) is 0 Å². The summed E-state index contributed by atoms with van der Waals surface area (Å²) in [5.41, 5.74) is 0.328. The summed E-state index contributed by atoms with van der Waals surface area (Å²) in [6.45, 7) is 19.1. The second-order valence-electron chi connectivity index (χ2n) is 32.0. The molecule has 12 amide bonds. The second-order valence-corrected chi connectivity index (χ2v) is 32.0. The van der Waals surface area contributed by atoms with E-state index in [9.17, 15) is 28.3 Å². The minimum atomic E-state index is -2.93. The van der Waals surface area contributed by atoms with Crippen LogP contribution in [0, 0.1) is 23.7 Å². The normalized spacial score (nSPS) is 25.2. The van der Waals surface area contributed by atoms with Crippen LogP contribution in [-0.2, 0) is 75.1 Å². The average molecular weight is 1500 g/mol. The molecule has 0 unspecified atom stereocenters. The molecule has 3 heterocycles. The Hall–Kier alpha value is -8.18. The van der Waals surface area contributed by atoms with E-state index in [4.69, 9.17) is 4.74 Å². The number of carbonyl (C=O) groups excluding carboxylic acids is 12. The zero-order chi connectivity index (χ0) is 80.1. The quantitative estimate of drug-likeness (QED) is 0.141. The van der Waals surface area contributed by atoms with Gasteiger partial charge < -0.3 is 75.2 Å². The Labute approximate surface area is 632 Å². The number of halogens is 2. The van der Waals surface area contributed by atoms with Gasteiger partial charge >= 0.3 is 0 Å². The number of nitrogens with one attached hydrogen (secondary N) is 4. The lowest BCUT2D eigenvalue weighted by atomic mass is 9.97. The predicted octanol–water partition coefficient (Wildman–Crippen LogP) is 3.97. The number of piperidine rings is 2. The van der Waals surface area contributed by atoms with Gasteiger partial charge in [0, 0.05) is 107 Å². The van der Waals surface area contributed by atoms with Crippen molar-refractivity contribution in [2.45, 2.75) is 226 Å². The molecule has 10 atom stereocenters. The number of benzene rings is 2. The lowest BCUT2D eigenvalue weighted by Gasteiger charge is -2.38. The molecule has 5 rings (SSSR count). The molecule has 0 bridgehead atoms. The first-order valence-corrected chi connectivity index (χ1v) is 37.9. The predicted molar refractivity (Wildman–Crippen MR) is 401 cm³/mol. The first-order chi connectivity index (χ1) is 50.0. The molecule has 0 aromatic heterocycles. The van der Waals surface area contributed by atoms with Crippen molar-refractivity contribution in [1.82, 2.24) is 65.4 Å². The number of carbonyl (C=O) groups is 12. The van der Waals surface area contributed by atoms with Crippen LogP contribution in [0.3, 0.4) is 0 Å². The maximum atomic E-state index is 15.6. The van der Waals surface area contributed by atoms with Gasteiger partial charge in [0.2, 0.25) is 70.9 Å². The highest BCUT2D eigenvalue weighted by atomic mass is 19.3. The summed E-state index contributed by atoms with van der Waals surface area (Å²) < 4.78 is 35.4. The molecule has 107 heavy (non-hydrogen) atoms. The number of nitrogens with zero attached hydrogens (tertiary/aromatic N) is 9. The summed E-state index contributed by atoms with van der Waals surface area (Å²) in [7, 11) is 8.21. The van der Waals surface area contributed by atoms with Gasteiger partial charge in [0.1, 0.15) is 54.4 Å². The number of likely N-dealkylation sites (tertiary alicyclic amines) is 2. The number of ether oxygens (including phenoxy) is 1. The van der Waals surface area contributed by atoms with E-state index in [-0.39, 0.29) is 76.0 Å². The number of aliphatic hydroxyl groups excluding tert-OH is 1. The van der Waals surface area contributed by atoms with Gasteiger partial charge in [0.05, 0.1) is 37.8 Å². The van der Waals surface area contributed by atoms with Crippen LogP contribution in [0.15, 0.2) is 60.7 Å². The Morgan fingerprint density at radius 1 is 0.514 bits per heavy atom. The first kappa shape index (κ1) is 89.4. The van der Waals surface area contributed by atoms with Gasteiger partial charge in [-0.1, -0.05) is 116 Å². The van der Waals surface area contributed by atoms with Crippen LogP contribution in [0.5, 0.6) is 0 Å². The molecule has 3 fully saturated rings. The monoisotopic (exact) mass is 1500 g/mol. The molecule has 27 nitrogen and oxygen atoms in total. The van der Waals surface area contributed by atoms with Crippen molar-refractivity contribution in [3.05, 3.63) is 71.8 Å². The van der Waals surface area contributed by atoms with Crippen molar-refractivity contribution in [3.63, 3.8) is 0 Å². The summed E-state index contributed by atoms with van der Waals surface area (Å²) in [6, 6.07) is 4.53. The first-order valence-electron chi connectivity index (χ1n) is 37.9. The van der Waals surface area contributed by atoms with Gasteiger partial charge in [-0.2, -0.15) is 0 Å². The fourth-order valence-corrected chi connectivity index (χ4v) is 13.5. The fourth-order valence-electron chi connectivity index (χ4n) is 13.5. The third-order valence-electron chi connectivity index (χ3n) is 20.2. The minimum absolute atomic E-state index is 0.00886. The highest BCUT2D eigenvalue weighted by Crippen LogP contribution is 2.28. The Bertz CT molecular complexity index is 3320. The largest absolute Gasteiger partial charge is 0.391 e. The fraction of sp³-hybridized carbons (Fsp3) is 0.692. The molecule has 3 aliphatic heterocycles. The standard InChI is InChI=1S/C78H123F2N13O14/c1-49(2)40-58-68(98)81-56(73(103)92-34-26-21-27-35-92)45-63(95)85(13)46-64(96)86(14)61(43-54-28-22-19-23-29-54)71(101)83-66(52(7)8)75(105)90(18)60(42-51(5)6)70(100)84-67(53(9)94)76(106)93(39-38-91-36-32-78(79,80)33-37-91)47-65(97)87(15)62(44-55-30-24-20-25-31-55)74(104)89(17)59(41-50(3)4)69(99)82-57(72(102)88(58)16)48-107-77(10,11)12/h19-20,22-25,28-31,49-53,56-62,66-67,94H,21,26-27,32-48H2,1-18H3,(H,81,98)(H,82,99)(H,83,101)(H,84,100)/t53-,56+,57+,58+,59+,60+,61+,62+,66+,67+/m1/s1. The number of amides is 12. The van der Waals surface area contributed by atoms with E-state index in [2.05, 4.69) is 21.3 Å². The third kappa shape index (κ3) is 26.9. The molecule has 598 valence electrons. The average Bonchev–Trinajstić information content (AvgIpc) is 0.820. The van der Waals surface area contributed by atoms with Crippen molar-refractivity contribution in [1.29, 1.82) is 0 Å². The van der Waals surface area contributed by atoms with Crippen LogP contribution in [0.2, 0.25) is 0 Å². The van der Waals surface area contributed by atoms with Gasteiger partial charge in [-0.3, -0.25) is 57.5 Å². The molecule has 2 aromatic carbocycles. The van der Waals surface area contributed by atoms with Gasteiger partial charge in [-0.15, -0.1) is 0 Å².